The molecule has 0 spiro atoms. The van der Waals surface area contributed by atoms with Gasteiger partial charge in [-0.25, -0.2) is 0 Å². The van der Waals surface area contributed by atoms with Gasteiger partial charge in [0, 0.05) is 0 Å². The van der Waals surface area contributed by atoms with E-state index in [2.05, 4.69) is 0 Å². The second-order valence-electron chi connectivity index (χ2n) is 0.447. The van der Waals surface area contributed by atoms with Gasteiger partial charge in [-0.15, -0.1) is 0 Å². The quantitative estimate of drug-likeness (QED) is 0.235. The molecule has 0 radical (unpaired) electrons. The van der Waals surface area contributed by atoms with Crippen LogP contribution in [0, 0.1) is 30.6 Å². The zero-order chi connectivity index (χ0) is 7.15. The third-order valence-corrected chi connectivity index (χ3v) is 0. The average molecular weight is 200 g/mol. The van der Waals surface area contributed by atoms with Gasteiger partial charge in [-0.2, -0.15) is 0 Å². The fourth-order valence-corrected chi connectivity index (χ4v) is 0. The maximum absolute atomic E-state index is 8.25. The summed E-state index contributed by atoms with van der Waals surface area (Å²) in [7, 11) is 0. The summed E-state index contributed by atoms with van der Waals surface area (Å²) in [5, 5.41) is 29.5. The van der Waals surface area contributed by atoms with Gasteiger partial charge in [0.05, 0.1) is 10.2 Å². The molecule has 0 amide bonds. The summed E-state index contributed by atoms with van der Waals surface area (Å²) in [5.74, 6) is 0. The normalized spacial score (nSPS) is 4.36. The summed E-state index contributed by atoms with van der Waals surface area (Å²) in [5.41, 5.74) is 0. The van der Waals surface area contributed by atoms with Crippen LogP contribution in [0.1, 0.15) is 0 Å². The molecule has 0 atom stereocenters. The van der Waals surface area contributed by atoms with Crippen molar-refractivity contribution >= 4 is 37.7 Å². The molecule has 0 aromatic carbocycles. The maximum Gasteiger partial charge on any atom is 2.00 e. The first-order valence-electron chi connectivity index (χ1n) is 1.10. The Kier molecular flexibility index (Phi) is 64.2. The minimum absolute atomic E-state index is 0. The zero-order valence-electron chi connectivity index (χ0n) is 5.05. The van der Waals surface area contributed by atoms with Gasteiger partial charge >= 0.3 is 37.7 Å². The largest absolute Gasteiger partial charge is 2.00 e. The molecule has 4 N–H and O–H groups in total. The van der Waals surface area contributed by atoms with Crippen molar-refractivity contribution in [3.63, 3.8) is 0 Å². The van der Waals surface area contributed by atoms with Crippen molar-refractivity contribution in [1.82, 2.24) is 0 Å². The van der Waals surface area contributed by atoms with E-state index in [1.54, 1.807) is 0 Å². The zero-order valence-corrected chi connectivity index (χ0v) is 7.26. The van der Waals surface area contributed by atoms with E-state index in [1.165, 1.54) is 0 Å². The van der Waals surface area contributed by atoms with E-state index < -0.39 is 10.2 Å². The van der Waals surface area contributed by atoms with Crippen LogP contribution < -0.4 is 0 Å². The Balaban J connectivity index is -0.0000000171. The predicted molar refractivity (Wildman–Crippen MR) is 33.7 cm³/mol. The minimum Gasteiger partial charge on any atom is -0.412 e. The third-order valence-electron chi connectivity index (χ3n) is 0. The number of rotatable bonds is 0. The first kappa shape index (κ1) is 31.2. The Bertz CT molecular complexity index is 70.1. The molecule has 0 heterocycles. The van der Waals surface area contributed by atoms with Crippen molar-refractivity contribution in [3.05, 3.63) is 30.6 Å². The summed E-state index contributed by atoms with van der Waals surface area (Å²) in [6.07, 6.45) is 0. The first-order valence-corrected chi connectivity index (χ1v) is 1.10. The molecule has 0 aliphatic carbocycles. The number of hydrogen-bond acceptors (Lipinski definition) is 6. The summed E-state index contributed by atoms with van der Waals surface area (Å²) >= 11 is 0. The van der Waals surface area contributed by atoms with Crippen LogP contribution in [0.15, 0.2) is 0 Å². The third kappa shape index (κ3) is 3120. The van der Waals surface area contributed by atoms with Crippen LogP contribution in [-0.2, 0) is 0 Å². The summed E-state index contributed by atoms with van der Waals surface area (Å²) in [6, 6.07) is 0. The van der Waals surface area contributed by atoms with Crippen molar-refractivity contribution in [2.75, 3.05) is 0 Å². The van der Waals surface area contributed by atoms with Gasteiger partial charge in [0.25, 0.3) is 0 Å². The van der Waals surface area contributed by atoms with Crippen LogP contribution in [0.4, 0.5) is 0 Å². The summed E-state index contributed by atoms with van der Waals surface area (Å²) in [4.78, 5) is 16.5. The van der Waals surface area contributed by atoms with Gasteiger partial charge in [-0.3, -0.25) is 0 Å². The van der Waals surface area contributed by atoms with Gasteiger partial charge in [0.1, 0.15) is 0 Å². The topological polar surface area (TPSA) is 195 Å². The van der Waals surface area contributed by atoms with E-state index in [1.807, 2.05) is 0 Å². The van der Waals surface area contributed by atoms with E-state index in [4.69, 9.17) is 30.6 Å². The van der Waals surface area contributed by atoms with E-state index in [9.17, 15) is 0 Å². The fraction of sp³-hybridized carbons (Fsp3) is 0. The number of hydrogen-bond donors (Lipinski definition) is 0. The van der Waals surface area contributed by atoms with Crippen molar-refractivity contribution in [2.45, 2.75) is 0 Å². The van der Waals surface area contributed by atoms with Crippen LogP contribution in [-0.4, -0.2) is 58.9 Å². The van der Waals surface area contributed by atoms with E-state index in [0.717, 1.165) is 0 Å². The second kappa shape index (κ2) is 22.7. The summed E-state index contributed by atoms with van der Waals surface area (Å²) < 4.78 is 0. The Labute approximate surface area is 89.3 Å². The van der Waals surface area contributed by atoms with Gasteiger partial charge in [0.2, 0.25) is 0 Å². The molecule has 10 nitrogen and oxygen atoms in total. The molecule has 0 rings (SSSR count). The van der Waals surface area contributed by atoms with Crippen molar-refractivity contribution in [3.8, 4) is 0 Å². The van der Waals surface area contributed by atoms with Crippen LogP contribution in [0.2, 0.25) is 0 Å². The molecule has 11 heavy (non-hydrogen) atoms. The molecular weight excluding hydrogens is 196 g/mol. The molecule has 0 bridgehead atoms. The van der Waals surface area contributed by atoms with Gasteiger partial charge in [-0.05, 0) is 0 Å². The molecule has 0 aromatic rings. The smallest absolute Gasteiger partial charge is 0.412 e. The van der Waals surface area contributed by atoms with Gasteiger partial charge < -0.3 is 41.6 Å². The standard InChI is InChI=1S/Ca.2NO3.2H2O/c;2*2-1(3)4;;/h;;;2*1H2/q+2;2*-1;;. The van der Waals surface area contributed by atoms with Crippen molar-refractivity contribution in [2.24, 2.45) is 0 Å². The molecule has 0 aliphatic heterocycles. The molecule has 11 heteroatoms. The number of nitrogens with zero attached hydrogens (tertiary/aromatic N) is 2. The fourth-order valence-electron chi connectivity index (χ4n) is 0. The van der Waals surface area contributed by atoms with Crippen LogP contribution in [0.5, 0.6) is 0 Å². The molecule has 0 aliphatic rings. The predicted octanol–water partition coefficient (Wildman–Crippen LogP) is -2.51. The van der Waals surface area contributed by atoms with Crippen molar-refractivity contribution < 1.29 is 21.1 Å². The van der Waals surface area contributed by atoms with Gasteiger partial charge in [-0.1, -0.05) is 0 Å². The molecular formula is H4CaN2O8. The molecule has 0 saturated carbocycles. The van der Waals surface area contributed by atoms with E-state index in [0.29, 0.717) is 0 Å². The minimum atomic E-state index is -1.75. The maximum atomic E-state index is 8.25. The van der Waals surface area contributed by atoms with E-state index in [-0.39, 0.29) is 48.7 Å². The molecule has 0 aromatic heterocycles. The van der Waals surface area contributed by atoms with Gasteiger partial charge in [0.15, 0.2) is 0 Å². The van der Waals surface area contributed by atoms with E-state index >= 15 is 0 Å². The molecule has 0 saturated heterocycles. The Morgan fingerprint density at radius 3 is 0.727 bits per heavy atom. The van der Waals surface area contributed by atoms with Crippen LogP contribution >= 0.6 is 0 Å². The monoisotopic (exact) mass is 200 g/mol. The SMILES string of the molecule is O.O.O=[N+]([O-])[O-].O=[N+]([O-])[O-].[Ca+2]. The molecule has 64 valence electrons. The van der Waals surface area contributed by atoms with Crippen LogP contribution in [0.3, 0.4) is 0 Å². The average Bonchev–Trinajstić information content (AvgIpc) is 1.25. The van der Waals surface area contributed by atoms with Crippen LogP contribution in [0.25, 0.3) is 0 Å². The summed E-state index contributed by atoms with van der Waals surface area (Å²) in [6.45, 7) is 0. The molecule has 0 fully saturated rings. The first-order chi connectivity index (χ1) is 3.46. The van der Waals surface area contributed by atoms with Crippen molar-refractivity contribution in [1.29, 1.82) is 0 Å². The second-order valence-corrected chi connectivity index (χ2v) is 0.447. The Morgan fingerprint density at radius 2 is 0.727 bits per heavy atom. The Morgan fingerprint density at radius 1 is 0.727 bits per heavy atom. The Hall–Kier alpha value is -0.420. The molecule has 0 unspecified atom stereocenters.